The van der Waals surface area contributed by atoms with Gasteiger partial charge in [0.2, 0.25) is 0 Å². The maximum absolute atomic E-state index is 13.7. The molecule has 0 fully saturated rings. The van der Waals surface area contributed by atoms with Gasteiger partial charge in [-0.2, -0.15) is 0 Å². The largest absolute Gasteiger partial charge is 0.294 e. The molecular weight excluding hydrogens is 354 g/mol. The van der Waals surface area contributed by atoms with Gasteiger partial charge in [-0.05, 0) is 45.8 Å². The second-order valence-corrected chi connectivity index (χ2v) is 5.63. The van der Waals surface area contributed by atoms with E-state index in [0.717, 1.165) is 0 Å². The van der Waals surface area contributed by atoms with Crippen molar-refractivity contribution < 1.29 is 9.18 Å². The number of carbonyl (C=O) groups is 1. The molecule has 1 nitrogen and oxygen atoms in total. The van der Waals surface area contributed by atoms with Crippen LogP contribution in [0.1, 0.15) is 15.9 Å². The summed E-state index contributed by atoms with van der Waals surface area (Å²) in [5.74, 6) is -0.890. The van der Waals surface area contributed by atoms with E-state index in [-0.39, 0.29) is 17.8 Å². The normalized spacial score (nSPS) is 10.5. The van der Waals surface area contributed by atoms with Gasteiger partial charge >= 0.3 is 0 Å². The van der Waals surface area contributed by atoms with Crippen LogP contribution in [0.15, 0.2) is 40.9 Å². The first-order valence-corrected chi connectivity index (χ1v) is 6.95. The average molecular weight is 362 g/mol. The number of ketones is 1. The Morgan fingerprint density at radius 1 is 1.21 bits per heavy atom. The molecule has 0 saturated carbocycles. The minimum absolute atomic E-state index is 0.0233. The molecule has 5 heteroatoms. The Balaban J connectivity index is 2.31. The Labute approximate surface area is 128 Å². The molecule has 2 rings (SSSR count). The predicted octanol–water partition coefficient (Wildman–Crippen LogP) is 5.32. The highest BCUT2D eigenvalue weighted by molar-refractivity contribution is 9.10. The lowest BCUT2D eigenvalue weighted by Crippen LogP contribution is -2.07. The van der Waals surface area contributed by atoms with Crippen molar-refractivity contribution in [3.05, 3.63) is 67.9 Å². The van der Waals surface area contributed by atoms with Crippen LogP contribution >= 0.6 is 39.1 Å². The monoisotopic (exact) mass is 360 g/mol. The third kappa shape index (κ3) is 3.35. The first-order valence-electron chi connectivity index (χ1n) is 5.40. The summed E-state index contributed by atoms with van der Waals surface area (Å²) in [4.78, 5) is 12.1. The number of carbonyl (C=O) groups excluding carboxylic acids is 1. The predicted molar refractivity (Wildman–Crippen MR) is 78.6 cm³/mol. The number of Topliss-reactive ketones (excluding diaryl/α,β-unsaturated/α-hetero) is 1. The summed E-state index contributed by atoms with van der Waals surface area (Å²) < 4.78 is 14.1. The third-order valence-corrected chi connectivity index (χ3v) is 3.86. The van der Waals surface area contributed by atoms with Gasteiger partial charge in [0.15, 0.2) is 5.78 Å². The van der Waals surface area contributed by atoms with Crippen molar-refractivity contribution >= 4 is 44.9 Å². The maximum atomic E-state index is 13.7. The number of hydrogen-bond donors (Lipinski definition) is 0. The fourth-order valence-electron chi connectivity index (χ4n) is 1.69. The summed E-state index contributed by atoms with van der Waals surface area (Å²) >= 11 is 15.0. The standard InChI is InChI=1S/C14H8BrCl2FO/c15-10-2-1-3-12(18)14(10)13(19)6-8-4-5-9(16)7-11(8)17/h1-5,7H,6H2. The highest BCUT2D eigenvalue weighted by Crippen LogP contribution is 2.25. The number of benzene rings is 2. The molecule has 0 aliphatic heterocycles. The molecule has 0 spiro atoms. The summed E-state index contributed by atoms with van der Waals surface area (Å²) in [6.45, 7) is 0. The zero-order chi connectivity index (χ0) is 14.0. The molecule has 0 heterocycles. The van der Waals surface area contributed by atoms with Crippen molar-refractivity contribution in [3.63, 3.8) is 0 Å². The van der Waals surface area contributed by atoms with Crippen LogP contribution in [0.25, 0.3) is 0 Å². The molecule has 0 atom stereocenters. The summed E-state index contributed by atoms with van der Waals surface area (Å²) in [7, 11) is 0. The Kier molecular flexibility index (Phi) is 4.61. The van der Waals surface area contributed by atoms with Gasteiger partial charge in [0.1, 0.15) is 5.82 Å². The number of halogens is 4. The molecule has 2 aromatic carbocycles. The van der Waals surface area contributed by atoms with E-state index in [1.807, 2.05) is 0 Å². The van der Waals surface area contributed by atoms with Gasteiger partial charge in [0.05, 0.1) is 5.56 Å². The maximum Gasteiger partial charge on any atom is 0.171 e. The molecule has 0 aliphatic rings. The Hall–Kier alpha value is -0.900. The van der Waals surface area contributed by atoms with Crippen molar-refractivity contribution in [2.75, 3.05) is 0 Å². The lowest BCUT2D eigenvalue weighted by Gasteiger charge is -2.07. The molecule has 0 aromatic heterocycles. The van der Waals surface area contributed by atoms with E-state index in [4.69, 9.17) is 23.2 Å². The van der Waals surface area contributed by atoms with Gasteiger partial charge in [0.25, 0.3) is 0 Å². The van der Waals surface area contributed by atoms with Crippen molar-refractivity contribution in [2.45, 2.75) is 6.42 Å². The first kappa shape index (κ1) is 14.5. The topological polar surface area (TPSA) is 17.1 Å². The van der Waals surface area contributed by atoms with Crippen LogP contribution in [-0.2, 0) is 6.42 Å². The molecule has 0 amide bonds. The molecular formula is C14H8BrCl2FO. The van der Waals surface area contributed by atoms with Crippen LogP contribution in [-0.4, -0.2) is 5.78 Å². The highest BCUT2D eigenvalue weighted by atomic mass is 79.9. The van der Waals surface area contributed by atoms with Gasteiger partial charge in [-0.1, -0.05) is 35.3 Å². The van der Waals surface area contributed by atoms with E-state index in [1.165, 1.54) is 12.1 Å². The van der Waals surface area contributed by atoms with Crippen molar-refractivity contribution in [3.8, 4) is 0 Å². The van der Waals surface area contributed by atoms with Gasteiger partial charge in [0, 0.05) is 20.9 Å². The molecule has 0 aliphatic carbocycles. The molecule has 0 unspecified atom stereocenters. The SMILES string of the molecule is O=C(Cc1ccc(Cl)cc1Cl)c1c(F)cccc1Br. The zero-order valence-electron chi connectivity index (χ0n) is 9.59. The third-order valence-electron chi connectivity index (χ3n) is 2.61. The molecule has 0 bridgehead atoms. The van der Waals surface area contributed by atoms with Crippen molar-refractivity contribution in [2.24, 2.45) is 0 Å². The van der Waals surface area contributed by atoms with Gasteiger partial charge in [-0.15, -0.1) is 0 Å². The fourth-order valence-corrected chi connectivity index (χ4v) is 2.73. The average Bonchev–Trinajstić information content (AvgIpc) is 2.32. The van der Waals surface area contributed by atoms with E-state index < -0.39 is 5.82 Å². The van der Waals surface area contributed by atoms with E-state index in [2.05, 4.69) is 15.9 Å². The highest BCUT2D eigenvalue weighted by Gasteiger charge is 2.17. The molecule has 19 heavy (non-hydrogen) atoms. The first-order chi connectivity index (χ1) is 8.99. The lowest BCUT2D eigenvalue weighted by atomic mass is 10.0. The quantitative estimate of drug-likeness (QED) is 0.676. The molecule has 0 radical (unpaired) electrons. The van der Waals surface area contributed by atoms with Gasteiger partial charge < -0.3 is 0 Å². The minimum atomic E-state index is -0.551. The van der Waals surface area contributed by atoms with Crippen molar-refractivity contribution in [1.29, 1.82) is 0 Å². The molecule has 0 saturated heterocycles. The van der Waals surface area contributed by atoms with Crippen LogP contribution in [0.4, 0.5) is 4.39 Å². The van der Waals surface area contributed by atoms with Crippen molar-refractivity contribution in [1.82, 2.24) is 0 Å². The summed E-state index contributed by atoms with van der Waals surface area (Å²) in [6.07, 6.45) is 0.0233. The molecule has 2 aromatic rings. The number of hydrogen-bond acceptors (Lipinski definition) is 1. The number of rotatable bonds is 3. The summed E-state index contributed by atoms with van der Waals surface area (Å²) in [5.41, 5.74) is 0.653. The van der Waals surface area contributed by atoms with E-state index in [1.54, 1.807) is 24.3 Å². The van der Waals surface area contributed by atoms with Crippen LogP contribution in [0, 0.1) is 5.82 Å². The fraction of sp³-hybridized carbons (Fsp3) is 0.0714. The molecule has 98 valence electrons. The second kappa shape index (κ2) is 6.04. The van der Waals surface area contributed by atoms with E-state index in [9.17, 15) is 9.18 Å². The van der Waals surface area contributed by atoms with Gasteiger partial charge in [-0.25, -0.2) is 4.39 Å². The minimum Gasteiger partial charge on any atom is -0.294 e. The zero-order valence-corrected chi connectivity index (χ0v) is 12.7. The van der Waals surface area contributed by atoms with Crippen LogP contribution in [0.3, 0.4) is 0 Å². The molecule has 0 N–H and O–H groups in total. The van der Waals surface area contributed by atoms with Crippen LogP contribution in [0.5, 0.6) is 0 Å². The van der Waals surface area contributed by atoms with E-state index in [0.29, 0.717) is 20.1 Å². The Morgan fingerprint density at radius 2 is 1.95 bits per heavy atom. The van der Waals surface area contributed by atoms with Crippen LogP contribution < -0.4 is 0 Å². The Morgan fingerprint density at radius 3 is 2.58 bits per heavy atom. The Bertz CT molecular complexity index is 623. The summed E-state index contributed by atoms with van der Waals surface area (Å²) in [5, 5.41) is 0.890. The smallest absolute Gasteiger partial charge is 0.171 e. The van der Waals surface area contributed by atoms with E-state index >= 15 is 0 Å². The lowest BCUT2D eigenvalue weighted by molar-refractivity contribution is 0.0988. The summed E-state index contributed by atoms with van der Waals surface area (Å²) in [6, 6.07) is 9.28. The van der Waals surface area contributed by atoms with Crippen LogP contribution in [0.2, 0.25) is 10.0 Å². The van der Waals surface area contributed by atoms with Gasteiger partial charge in [-0.3, -0.25) is 4.79 Å². The second-order valence-electron chi connectivity index (χ2n) is 3.93.